The molecule has 7 nitrogen and oxygen atoms in total. The minimum Gasteiger partial charge on any atom is -0.325 e. The molecule has 2 rings (SSSR count). The molecule has 1 aromatic heterocycles. The van der Waals surface area contributed by atoms with Crippen LogP contribution in [0.15, 0.2) is 28.0 Å². The van der Waals surface area contributed by atoms with Crippen LogP contribution in [0.25, 0.3) is 0 Å². The summed E-state index contributed by atoms with van der Waals surface area (Å²) in [5.41, 5.74) is 1.03. The van der Waals surface area contributed by atoms with Gasteiger partial charge in [-0.3, -0.25) is 14.9 Å². The van der Waals surface area contributed by atoms with Crippen LogP contribution in [-0.2, 0) is 4.79 Å². The van der Waals surface area contributed by atoms with Gasteiger partial charge in [0.2, 0.25) is 11.7 Å². The van der Waals surface area contributed by atoms with Crippen LogP contribution in [0.2, 0.25) is 0 Å². The summed E-state index contributed by atoms with van der Waals surface area (Å²) >= 11 is 2.49. The Morgan fingerprint density at radius 2 is 2.35 bits per heavy atom. The molecule has 104 valence electrons. The molecule has 0 radical (unpaired) electrons. The van der Waals surface area contributed by atoms with Crippen molar-refractivity contribution < 1.29 is 14.1 Å². The van der Waals surface area contributed by atoms with Gasteiger partial charge in [-0.25, -0.2) is 0 Å². The molecule has 0 atom stereocenters. The average Bonchev–Trinajstić information content (AvgIpc) is 2.91. The molecule has 1 aromatic carbocycles. The maximum atomic E-state index is 13.1. The number of carbonyl (C=O) groups is 1. The van der Waals surface area contributed by atoms with E-state index in [1.54, 1.807) is 5.51 Å². The van der Waals surface area contributed by atoms with E-state index in [2.05, 4.69) is 15.5 Å². The van der Waals surface area contributed by atoms with Gasteiger partial charge < -0.3 is 5.32 Å². The second kappa shape index (κ2) is 6.39. The van der Waals surface area contributed by atoms with Crippen molar-refractivity contribution in [2.45, 2.75) is 4.34 Å². The molecule has 0 bridgehead atoms. The number of nitro groups is 1. The Hall–Kier alpha value is -2.07. The van der Waals surface area contributed by atoms with Crippen molar-refractivity contribution >= 4 is 40.4 Å². The molecule has 0 aliphatic carbocycles. The maximum Gasteiger partial charge on any atom is 0.306 e. The third kappa shape index (κ3) is 3.71. The quantitative estimate of drug-likeness (QED) is 0.516. The van der Waals surface area contributed by atoms with Crippen molar-refractivity contribution in [2.24, 2.45) is 0 Å². The number of aromatic nitrogens is 2. The molecule has 10 heteroatoms. The Balaban J connectivity index is 1.97. The van der Waals surface area contributed by atoms with Crippen molar-refractivity contribution in [3.8, 4) is 0 Å². The first-order valence-electron chi connectivity index (χ1n) is 5.19. The number of anilines is 1. The molecule has 0 fully saturated rings. The van der Waals surface area contributed by atoms with Gasteiger partial charge in [0.1, 0.15) is 5.51 Å². The molecule has 1 amide bonds. The molecule has 2 aromatic rings. The van der Waals surface area contributed by atoms with Crippen molar-refractivity contribution in [2.75, 3.05) is 11.1 Å². The molecule has 0 unspecified atom stereocenters. The first-order valence-corrected chi connectivity index (χ1v) is 7.05. The molecule has 0 saturated carbocycles. The van der Waals surface area contributed by atoms with Gasteiger partial charge in [-0.05, 0) is 12.1 Å². The molecule has 0 aliphatic rings. The Labute approximate surface area is 120 Å². The zero-order chi connectivity index (χ0) is 14.5. The first kappa shape index (κ1) is 14.3. The van der Waals surface area contributed by atoms with E-state index in [9.17, 15) is 19.3 Å². The minimum absolute atomic E-state index is 0.0837. The summed E-state index contributed by atoms with van der Waals surface area (Å²) in [6, 6.07) is 3.17. The highest BCUT2D eigenvalue weighted by atomic mass is 32.2. The van der Waals surface area contributed by atoms with Crippen molar-refractivity contribution in [3.63, 3.8) is 0 Å². The van der Waals surface area contributed by atoms with Crippen LogP contribution in [-0.4, -0.2) is 26.8 Å². The van der Waals surface area contributed by atoms with E-state index in [4.69, 9.17) is 0 Å². The smallest absolute Gasteiger partial charge is 0.306 e. The largest absolute Gasteiger partial charge is 0.325 e. The Bertz CT molecular complexity index is 635. The number of nitro benzene ring substituents is 1. The molecule has 1 heterocycles. The lowest BCUT2D eigenvalue weighted by molar-refractivity contribution is -0.387. The molecule has 0 aliphatic heterocycles. The van der Waals surface area contributed by atoms with Crippen molar-refractivity contribution in [1.82, 2.24) is 10.2 Å². The van der Waals surface area contributed by atoms with Gasteiger partial charge in [0, 0.05) is 11.8 Å². The SMILES string of the molecule is O=C(CSc1nncs1)Nc1ccc(F)c([N+](=O)[O-])c1. The predicted octanol–water partition coefficient (Wildman–Crippen LogP) is 2.32. The third-order valence-corrected chi connectivity index (χ3v) is 3.95. The molecular formula is C10H7FN4O3S2. The van der Waals surface area contributed by atoms with Crippen LogP contribution in [0.3, 0.4) is 0 Å². The fourth-order valence-electron chi connectivity index (χ4n) is 1.28. The monoisotopic (exact) mass is 314 g/mol. The van der Waals surface area contributed by atoms with Gasteiger partial charge in [0.15, 0.2) is 4.34 Å². The molecular weight excluding hydrogens is 307 g/mol. The zero-order valence-electron chi connectivity index (χ0n) is 9.78. The second-order valence-corrected chi connectivity index (χ2v) is 5.52. The highest BCUT2D eigenvalue weighted by Crippen LogP contribution is 2.23. The number of nitrogens with one attached hydrogen (secondary N) is 1. The summed E-state index contributed by atoms with van der Waals surface area (Å²) in [6.07, 6.45) is 0. The summed E-state index contributed by atoms with van der Waals surface area (Å²) in [5.74, 6) is -1.23. The maximum absolute atomic E-state index is 13.1. The van der Waals surface area contributed by atoms with E-state index in [0.717, 1.165) is 12.1 Å². The zero-order valence-corrected chi connectivity index (χ0v) is 11.4. The number of halogens is 1. The molecule has 0 saturated heterocycles. The highest BCUT2D eigenvalue weighted by molar-refractivity contribution is 8.01. The van der Waals surface area contributed by atoms with Crippen LogP contribution in [0.1, 0.15) is 0 Å². The van der Waals surface area contributed by atoms with E-state index in [0.29, 0.717) is 4.34 Å². The molecule has 0 spiro atoms. The van der Waals surface area contributed by atoms with Gasteiger partial charge in [-0.1, -0.05) is 23.1 Å². The van der Waals surface area contributed by atoms with Crippen molar-refractivity contribution in [3.05, 3.63) is 39.6 Å². The summed E-state index contributed by atoms with van der Waals surface area (Å²) < 4.78 is 13.8. The van der Waals surface area contributed by atoms with E-state index in [1.807, 2.05) is 0 Å². The lowest BCUT2D eigenvalue weighted by Gasteiger charge is -2.04. The summed E-state index contributed by atoms with van der Waals surface area (Å²) in [5, 5.41) is 20.4. The summed E-state index contributed by atoms with van der Waals surface area (Å²) in [7, 11) is 0. The normalized spacial score (nSPS) is 10.2. The Kier molecular flexibility index (Phi) is 4.58. The molecule has 20 heavy (non-hydrogen) atoms. The number of carbonyl (C=O) groups excluding carboxylic acids is 1. The van der Waals surface area contributed by atoms with E-state index in [1.165, 1.54) is 29.2 Å². The number of hydrogen-bond donors (Lipinski definition) is 1. The van der Waals surface area contributed by atoms with Gasteiger partial charge in [0.25, 0.3) is 0 Å². The third-order valence-electron chi connectivity index (χ3n) is 2.09. The Morgan fingerprint density at radius 3 is 3.00 bits per heavy atom. The average molecular weight is 314 g/mol. The number of hydrogen-bond acceptors (Lipinski definition) is 7. The second-order valence-electron chi connectivity index (χ2n) is 3.46. The number of amides is 1. The van der Waals surface area contributed by atoms with Gasteiger partial charge in [-0.2, -0.15) is 4.39 Å². The van der Waals surface area contributed by atoms with Gasteiger partial charge in [0.05, 0.1) is 10.7 Å². The number of nitrogens with zero attached hydrogens (tertiary/aromatic N) is 3. The van der Waals surface area contributed by atoms with Gasteiger partial charge in [-0.15, -0.1) is 10.2 Å². The topological polar surface area (TPSA) is 98.0 Å². The fraction of sp³-hybridized carbons (Fsp3) is 0.100. The van der Waals surface area contributed by atoms with Crippen molar-refractivity contribution in [1.29, 1.82) is 0 Å². The lowest BCUT2D eigenvalue weighted by atomic mass is 10.2. The standard InChI is InChI=1S/C10H7FN4O3S2/c11-7-2-1-6(3-8(7)15(17)18)13-9(16)4-19-10-14-12-5-20-10/h1-3,5H,4H2,(H,13,16). The predicted molar refractivity (Wildman–Crippen MR) is 72.3 cm³/mol. The van der Waals surface area contributed by atoms with Crippen LogP contribution < -0.4 is 5.32 Å². The van der Waals surface area contributed by atoms with E-state index >= 15 is 0 Å². The molecule has 1 N–H and O–H groups in total. The first-order chi connectivity index (χ1) is 9.56. The van der Waals surface area contributed by atoms with E-state index in [-0.39, 0.29) is 17.3 Å². The fourth-order valence-corrected chi connectivity index (χ4v) is 2.57. The van der Waals surface area contributed by atoms with Gasteiger partial charge >= 0.3 is 5.69 Å². The highest BCUT2D eigenvalue weighted by Gasteiger charge is 2.15. The van der Waals surface area contributed by atoms with Crippen LogP contribution >= 0.6 is 23.1 Å². The number of rotatable bonds is 5. The van der Waals surface area contributed by atoms with Crippen LogP contribution in [0.4, 0.5) is 15.8 Å². The van der Waals surface area contributed by atoms with Crippen LogP contribution in [0.5, 0.6) is 0 Å². The number of thioether (sulfide) groups is 1. The summed E-state index contributed by atoms with van der Waals surface area (Å²) in [4.78, 5) is 21.4. The lowest BCUT2D eigenvalue weighted by Crippen LogP contribution is -2.14. The summed E-state index contributed by atoms with van der Waals surface area (Å²) in [6.45, 7) is 0. The Morgan fingerprint density at radius 1 is 1.55 bits per heavy atom. The van der Waals surface area contributed by atoms with E-state index < -0.39 is 16.4 Å². The minimum atomic E-state index is -0.948. The number of benzene rings is 1. The van der Waals surface area contributed by atoms with Crippen LogP contribution in [0, 0.1) is 15.9 Å².